The van der Waals surface area contributed by atoms with Crippen molar-refractivity contribution in [3.05, 3.63) is 58.6 Å². The lowest BCUT2D eigenvalue weighted by molar-refractivity contribution is 0.0734. The molecule has 4 rings (SSSR count). The first-order chi connectivity index (χ1) is 14.5. The number of nitrogens with zero attached hydrogens (tertiary/aromatic N) is 2. The normalized spacial score (nSPS) is 17.4. The number of rotatable bonds is 4. The van der Waals surface area contributed by atoms with Gasteiger partial charge in [-0.3, -0.25) is 4.79 Å². The molecule has 0 aliphatic carbocycles. The van der Waals surface area contributed by atoms with Gasteiger partial charge in [-0.2, -0.15) is 0 Å². The van der Waals surface area contributed by atoms with Crippen LogP contribution in [0.3, 0.4) is 0 Å². The zero-order valence-corrected chi connectivity index (χ0v) is 19.8. The third-order valence-corrected chi connectivity index (χ3v) is 8.19. The van der Waals surface area contributed by atoms with Crippen LogP contribution in [0.1, 0.15) is 60.6 Å². The molecule has 6 nitrogen and oxygen atoms in total. The van der Waals surface area contributed by atoms with E-state index in [1.807, 2.05) is 36.1 Å². The first-order valence-electron chi connectivity index (χ1n) is 10.4. The number of benzene rings is 2. The van der Waals surface area contributed by atoms with Crippen molar-refractivity contribution >= 4 is 37.5 Å². The fourth-order valence-corrected chi connectivity index (χ4v) is 6.47. The number of nitrogens with one attached hydrogen (secondary N) is 1. The number of sulfonamides is 1. The maximum atomic E-state index is 13.5. The maximum absolute atomic E-state index is 13.5. The second-order valence-electron chi connectivity index (χ2n) is 9.01. The number of hydrogen-bond acceptors (Lipinski definition) is 5. The quantitative estimate of drug-likeness (QED) is 0.618. The largest absolute Gasteiger partial charge is 0.329 e. The third-order valence-electron chi connectivity index (χ3n) is 5.30. The number of fused-ring (bicyclic) bond motifs is 1. The van der Waals surface area contributed by atoms with E-state index < -0.39 is 15.6 Å². The van der Waals surface area contributed by atoms with Gasteiger partial charge in [-0.05, 0) is 70.4 Å². The van der Waals surface area contributed by atoms with Gasteiger partial charge in [-0.15, -0.1) is 11.3 Å². The van der Waals surface area contributed by atoms with Crippen LogP contribution in [0.25, 0.3) is 10.2 Å². The molecule has 1 aliphatic heterocycles. The highest BCUT2D eigenvalue weighted by atomic mass is 32.2. The van der Waals surface area contributed by atoms with Gasteiger partial charge < -0.3 is 4.90 Å². The summed E-state index contributed by atoms with van der Waals surface area (Å²) in [5.74, 6) is -0.146. The van der Waals surface area contributed by atoms with Crippen LogP contribution in [-0.2, 0) is 10.0 Å². The van der Waals surface area contributed by atoms with E-state index >= 15 is 0 Å². The van der Waals surface area contributed by atoms with Crippen molar-refractivity contribution in [1.29, 1.82) is 0 Å². The summed E-state index contributed by atoms with van der Waals surface area (Å²) in [5.41, 5.74) is 1.51. The molecule has 3 aromatic rings. The Morgan fingerprint density at radius 1 is 1.19 bits per heavy atom. The topological polar surface area (TPSA) is 79.4 Å². The average molecular weight is 458 g/mol. The molecule has 8 heteroatoms. The fraction of sp³-hybridized carbons (Fsp3) is 0.391. The molecule has 1 atom stereocenters. The minimum absolute atomic E-state index is 0.0859. The molecule has 1 unspecified atom stereocenters. The van der Waals surface area contributed by atoms with Crippen LogP contribution < -0.4 is 4.72 Å². The lowest BCUT2D eigenvalue weighted by Crippen LogP contribution is -2.40. The third kappa shape index (κ3) is 4.51. The number of carbonyl (C=O) groups is 1. The molecule has 0 saturated carbocycles. The van der Waals surface area contributed by atoms with E-state index in [2.05, 4.69) is 4.72 Å². The van der Waals surface area contributed by atoms with Crippen LogP contribution in [0, 0.1) is 6.92 Å². The summed E-state index contributed by atoms with van der Waals surface area (Å²) in [6, 6.07) is 12.6. The zero-order valence-electron chi connectivity index (χ0n) is 18.2. The predicted octanol–water partition coefficient (Wildman–Crippen LogP) is 4.66. The monoisotopic (exact) mass is 457 g/mol. The number of aryl methyl sites for hydroxylation is 1. The fourth-order valence-electron chi connectivity index (χ4n) is 3.91. The highest BCUT2D eigenvalue weighted by Crippen LogP contribution is 2.37. The van der Waals surface area contributed by atoms with Crippen molar-refractivity contribution in [2.45, 2.75) is 57.0 Å². The van der Waals surface area contributed by atoms with Crippen molar-refractivity contribution in [2.75, 3.05) is 6.54 Å². The molecular weight excluding hydrogens is 430 g/mol. The maximum Gasteiger partial charge on any atom is 0.254 e. The molecule has 0 bridgehead atoms. The van der Waals surface area contributed by atoms with E-state index in [-0.39, 0.29) is 16.8 Å². The Hall–Kier alpha value is -2.29. The van der Waals surface area contributed by atoms with E-state index in [1.165, 1.54) is 6.07 Å². The van der Waals surface area contributed by atoms with Crippen molar-refractivity contribution < 1.29 is 13.2 Å². The molecule has 1 amide bonds. The van der Waals surface area contributed by atoms with Gasteiger partial charge in [0.05, 0.1) is 21.2 Å². The van der Waals surface area contributed by atoms with Gasteiger partial charge in [0.15, 0.2) is 0 Å². The number of carbonyl (C=O) groups excluding carboxylic acids is 1. The number of amides is 1. The van der Waals surface area contributed by atoms with E-state index in [1.54, 1.807) is 44.2 Å². The molecule has 1 aromatic heterocycles. The second kappa shape index (κ2) is 8.00. The summed E-state index contributed by atoms with van der Waals surface area (Å²) in [4.78, 5) is 20.2. The summed E-state index contributed by atoms with van der Waals surface area (Å²) in [6.07, 6.45) is 1.75. The van der Waals surface area contributed by atoms with Crippen LogP contribution in [0.15, 0.2) is 47.4 Å². The van der Waals surface area contributed by atoms with E-state index in [9.17, 15) is 13.2 Å². The number of aromatic nitrogens is 1. The predicted molar refractivity (Wildman–Crippen MR) is 124 cm³/mol. The number of thiazole rings is 1. The van der Waals surface area contributed by atoms with Crippen molar-refractivity contribution in [3.8, 4) is 0 Å². The Morgan fingerprint density at radius 2 is 1.94 bits per heavy atom. The van der Waals surface area contributed by atoms with Crippen LogP contribution in [0.5, 0.6) is 0 Å². The number of likely N-dealkylation sites (tertiary alicyclic amines) is 1. The lowest BCUT2D eigenvalue weighted by atomic mass is 10.1. The van der Waals surface area contributed by atoms with Crippen LogP contribution in [0.4, 0.5) is 0 Å². The van der Waals surface area contributed by atoms with Crippen LogP contribution in [0.2, 0.25) is 0 Å². The minimum atomic E-state index is -3.73. The molecule has 2 aromatic carbocycles. The highest BCUT2D eigenvalue weighted by Gasteiger charge is 2.34. The summed E-state index contributed by atoms with van der Waals surface area (Å²) in [7, 11) is -3.73. The second-order valence-corrected chi connectivity index (χ2v) is 11.8. The molecule has 164 valence electrons. The van der Waals surface area contributed by atoms with Gasteiger partial charge >= 0.3 is 0 Å². The Labute approximate surface area is 187 Å². The number of hydrogen-bond donors (Lipinski definition) is 1. The molecule has 1 saturated heterocycles. The molecule has 31 heavy (non-hydrogen) atoms. The summed E-state index contributed by atoms with van der Waals surface area (Å²) >= 11 is 1.62. The van der Waals surface area contributed by atoms with E-state index in [0.29, 0.717) is 12.1 Å². The first kappa shape index (κ1) is 21.9. The van der Waals surface area contributed by atoms with Gasteiger partial charge in [0.2, 0.25) is 10.0 Å². The van der Waals surface area contributed by atoms with Crippen molar-refractivity contribution in [3.63, 3.8) is 0 Å². The van der Waals surface area contributed by atoms with Gasteiger partial charge in [0.25, 0.3) is 5.91 Å². The van der Waals surface area contributed by atoms with Crippen molar-refractivity contribution in [1.82, 2.24) is 14.6 Å². The Morgan fingerprint density at radius 3 is 2.65 bits per heavy atom. The van der Waals surface area contributed by atoms with Crippen molar-refractivity contribution in [2.24, 2.45) is 0 Å². The Balaban J connectivity index is 1.67. The molecular formula is C23H27N3O3S2. The lowest BCUT2D eigenvalue weighted by Gasteiger charge is -2.25. The van der Waals surface area contributed by atoms with Gasteiger partial charge in [-0.1, -0.05) is 18.2 Å². The highest BCUT2D eigenvalue weighted by molar-refractivity contribution is 7.89. The average Bonchev–Trinajstić information content (AvgIpc) is 3.32. The molecule has 1 N–H and O–H groups in total. The molecule has 1 fully saturated rings. The summed E-state index contributed by atoms with van der Waals surface area (Å²) < 4.78 is 29.4. The van der Waals surface area contributed by atoms with Crippen LogP contribution >= 0.6 is 11.3 Å². The molecule has 0 spiro atoms. The Bertz CT molecular complexity index is 1210. The smallest absolute Gasteiger partial charge is 0.254 e. The van der Waals surface area contributed by atoms with Crippen LogP contribution in [-0.4, -0.2) is 36.3 Å². The van der Waals surface area contributed by atoms with E-state index in [0.717, 1.165) is 33.6 Å². The number of para-hydroxylation sites is 1. The molecule has 0 radical (unpaired) electrons. The minimum Gasteiger partial charge on any atom is -0.329 e. The summed E-state index contributed by atoms with van der Waals surface area (Å²) in [6.45, 7) is 7.84. The molecule has 2 heterocycles. The van der Waals surface area contributed by atoms with E-state index in [4.69, 9.17) is 4.98 Å². The SMILES string of the molecule is Cc1ccc(S(=O)(=O)NC(C)(C)C)cc1C(=O)N1CCCC1c1nc2ccccc2s1. The van der Waals surface area contributed by atoms with Gasteiger partial charge in [0.1, 0.15) is 5.01 Å². The molecule has 1 aliphatic rings. The van der Waals surface area contributed by atoms with Gasteiger partial charge in [0, 0.05) is 17.6 Å². The zero-order chi connectivity index (χ0) is 22.4. The Kier molecular flexibility index (Phi) is 5.66. The first-order valence-corrected chi connectivity index (χ1v) is 12.7. The van der Waals surface area contributed by atoms with Gasteiger partial charge in [-0.25, -0.2) is 18.1 Å². The summed E-state index contributed by atoms with van der Waals surface area (Å²) in [5, 5.41) is 0.933. The standard InChI is InChI=1S/C23H27N3O3S2/c1-15-11-12-16(31(28,29)25-23(2,3)4)14-17(15)22(27)26-13-7-9-19(26)21-24-18-8-5-6-10-20(18)30-21/h5-6,8,10-12,14,19,25H,7,9,13H2,1-4H3.